The molecule has 0 amide bonds. The molecule has 2 aromatic rings. The number of nitrogens with one attached hydrogen (secondary N) is 1. The molecule has 0 fully saturated rings. The van der Waals surface area contributed by atoms with Crippen molar-refractivity contribution < 1.29 is 9.60 Å². The number of hydrogen-bond donors (Lipinski definition) is 3. The van der Waals surface area contributed by atoms with E-state index >= 15 is 0 Å². The Morgan fingerprint density at radius 3 is 2.89 bits per heavy atom. The van der Waals surface area contributed by atoms with Crippen LogP contribution < -0.4 is 11.1 Å². The third kappa shape index (κ3) is 2.59. The van der Waals surface area contributed by atoms with Gasteiger partial charge in [-0.1, -0.05) is 5.16 Å². The zero-order chi connectivity index (χ0) is 13.1. The molecule has 1 aromatic carbocycles. The van der Waals surface area contributed by atoms with E-state index in [0.717, 1.165) is 11.5 Å². The van der Waals surface area contributed by atoms with E-state index in [1.807, 2.05) is 0 Å². The van der Waals surface area contributed by atoms with Crippen LogP contribution in [0.4, 0.5) is 15.8 Å². The molecule has 8 heteroatoms. The smallest absolute Gasteiger partial charge is 0.198 e. The topological polar surface area (TPSA) is 83.5 Å². The molecule has 0 unspecified atom stereocenters. The van der Waals surface area contributed by atoms with Crippen LogP contribution in [0.25, 0.3) is 0 Å². The molecule has 2 rings (SSSR count). The summed E-state index contributed by atoms with van der Waals surface area (Å²) in [5, 5.41) is 16.5. The molecule has 1 heterocycles. The van der Waals surface area contributed by atoms with Crippen molar-refractivity contribution in [2.75, 3.05) is 11.1 Å². The van der Waals surface area contributed by atoms with E-state index in [1.165, 1.54) is 18.2 Å². The molecule has 4 N–H and O–H groups in total. The summed E-state index contributed by atoms with van der Waals surface area (Å²) in [6, 6.07) is 4.31. The highest BCUT2D eigenvalue weighted by Crippen LogP contribution is 2.21. The lowest BCUT2D eigenvalue weighted by molar-refractivity contribution is 0.319. The Balaban J connectivity index is 2.27. The fourth-order valence-corrected chi connectivity index (χ4v) is 2.22. The van der Waals surface area contributed by atoms with Crippen LogP contribution >= 0.6 is 27.5 Å². The average Bonchev–Trinajstić information content (AvgIpc) is 2.77. The zero-order valence-corrected chi connectivity index (χ0v) is 11.3. The van der Waals surface area contributed by atoms with Crippen molar-refractivity contribution >= 4 is 44.7 Å². The maximum Gasteiger partial charge on any atom is 0.198 e. The van der Waals surface area contributed by atoms with Gasteiger partial charge in [-0.25, -0.2) is 4.39 Å². The minimum atomic E-state index is -0.379. The summed E-state index contributed by atoms with van der Waals surface area (Å²) >= 11 is 4.22. The lowest BCUT2D eigenvalue weighted by Gasteiger charge is -2.07. The number of oxime groups is 1. The van der Waals surface area contributed by atoms with Gasteiger partial charge in [0.2, 0.25) is 0 Å². The van der Waals surface area contributed by atoms with Crippen LogP contribution in [0.2, 0.25) is 0 Å². The molecular formula is C10H8BrFN4OS. The second kappa shape index (κ2) is 5.32. The van der Waals surface area contributed by atoms with Crippen molar-refractivity contribution in [3.63, 3.8) is 0 Å². The van der Waals surface area contributed by atoms with Gasteiger partial charge in [-0.15, -0.1) is 0 Å². The number of benzene rings is 1. The molecule has 0 aliphatic carbocycles. The Morgan fingerprint density at radius 1 is 1.56 bits per heavy atom. The lowest BCUT2D eigenvalue weighted by Crippen LogP contribution is -2.15. The van der Waals surface area contributed by atoms with Crippen LogP contribution in [0.5, 0.6) is 0 Å². The summed E-state index contributed by atoms with van der Waals surface area (Å²) in [7, 11) is 0. The van der Waals surface area contributed by atoms with Crippen LogP contribution in [0.1, 0.15) is 5.69 Å². The molecule has 5 nitrogen and oxygen atoms in total. The first-order chi connectivity index (χ1) is 8.61. The molecular weight excluding hydrogens is 323 g/mol. The van der Waals surface area contributed by atoms with Gasteiger partial charge in [0.1, 0.15) is 11.5 Å². The van der Waals surface area contributed by atoms with E-state index in [1.54, 1.807) is 5.38 Å². The number of amidine groups is 1. The molecule has 0 radical (unpaired) electrons. The predicted octanol–water partition coefficient (Wildman–Crippen LogP) is 2.87. The Morgan fingerprint density at radius 2 is 2.33 bits per heavy atom. The fraction of sp³-hybridized carbons (Fsp3) is 0. The minimum absolute atomic E-state index is 0.104. The first-order valence-electron chi connectivity index (χ1n) is 4.76. The number of hydrogen-bond acceptors (Lipinski definition) is 5. The molecule has 18 heavy (non-hydrogen) atoms. The molecule has 0 aliphatic heterocycles. The Kier molecular flexibility index (Phi) is 3.78. The van der Waals surface area contributed by atoms with Gasteiger partial charge in [-0.05, 0) is 45.7 Å². The number of halogens is 2. The van der Waals surface area contributed by atoms with Gasteiger partial charge in [-0.3, -0.25) is 0 Å². The van der Waals surface area contributed by atoms with Crippen LogP contribution in [-0.2, 0) is 0 Å². The summed E-state index contributed by atoms with van der Waals surface area (Å²) in [5.74, 6) is -0.275. The molecule has 0 bridgehead atoms. The molecule has 0 atom stereocenters. The third-order valence-corrected chi connectivity index (χ3v) is 3.36. The van der Waals surface area contributed by atoms with Crippen LogP contribution in [-0.4, -0.2) is 15.4 Å². The fourth-order valence-electron chi connectivity index (χ4n) is 1.27. The van der Waals surface area contributed by atoms with Gasteiger partial charge in [-0.2, -0.15) is 4.37 Å². The van der Waals surface area contributed by atoms with Crippen molar-refractivity contribution in [3.05, 3.63) is 39.6 Å². The van der Waals surface area contributed by atoms with E-state index in [4.69, 9.17) is 10.9 Å². The summed E-state index contributed by atoms with van der Waals surface area (Å²) in [6.45, 7) is 0. The van der Waals surface area contributed by atoms with Crippen LogP contribution in [0, 0.1) is 5.82 Å². The van der Waals surface area contributed by atoms with E-state index in [2.05, 4.69) is 30.8 Å². The number of aromatic nitrogens is 1. The summed E-state index contributed by atoms with van der Waals surface area (Å²) < 4.78 is 17.4. The van der Waals surface area contributed by atoms with Gasteiger partial charge >= 0.3 is 0 Å². The SMILES string of the molecule is Nc1csnc1/C(=N/O)Nc1ccc(F)c(Br)c1. The second-order valence-electron chi connectivity index (χ2n) is 3.32. The number of anilines is 2. The maximum atomic E-state index is 13.1. The monoisotopic (exact) mass is 330 g/mol. The molecule has 0 saturated carbocycles. The summed E-state index contributed by atoms with van der Waals surface area (Å²) in [4.78, 5) is 0. The third-order valence-electron chi connectivity index (χ3n) is 2.10. The predicted molar refractivity (Wildman–Crippen MR) is 72.6 cm³/mol. The maximum absolute atomic E-state index is 13.1. The average molecular weight is 331 g/mol. The van der Waals surface area contributed by atoms with Crippen molar-refractivity contribution in [2.45, 2.75) is 0 Å². The van der Waals surface area contributed by atoms with Gasteiger partial charge in [0.05, 0.1) is 10.2 Å². The molecule has 94 valence electrons. The number of rotatable bonds is 2. The van der Waals surface area contributed by atoms with Gasteiger partial charge in [0.15, 0.2) is 5.84 Å². The van der Waals surface area contributed by atoms with Gasteiger partial charge < -0.3 is 16.3 Å². The Hall–Kier alpha value is -1.67. The first-order valence-corrected chi connectivity index (χ1v) is 6.39. The van der Waals surface area contributed by atoms with Gasteiger partial charge in [0.25, 0.3) is 0 Å². The largest absolute Gasteiger partial charge is 0.409 e. The molecule has 1 aromatic heterocycles. The summed E-state index contributed by atoms with van der Waals surface area (Å²) in [5.41, 5.74) is 6.97. The lowest BCUT2D eigenvalue weighted by atomic mass is 10.3. The van der Waals surface area contributed by atoms with Crippen LogP contribution in [0.3, 0.4) is 0 Å². The van der Waals surface area contributed by atoms with E-state index in [0.29, 0.717) is 21.5 Å². The molecule has 0 aliphatic rings. The minimum Gasteiger partial charge on any atom is -0.409 e. The van der Waals surface area contributed by atoms with E-state index in [-0.39, 0.29) is 11.7 Å². The van der Waals surface area contributed by atoms with Gasteiger partial charge in [0, 0.05) is 11.1 Å². The highest BCUT2D eigenvalue weighted by Gasteiger charge is 2.12. The van der Waals surface area contributed by atoms with Crippen molar-refractivity contribution in [1.82, 2.24) is 4.37 Å². The first kappa shape index (κ1) is 12.8. The van der Waals surface area contributed by atoms with Crippen LogP contribution in [0.15, 0.2) is 33.2 Å². The number of nitrogens with zero attached hydrogens (tertiary/aromatic N) is 2. The number of nitrogen functional groups attached to an aromatic ring is 1. The molecule has 0 saturated heterocycles. The number of nitrogens with two attached hydrogens (primary N) is 1. The highest BCUT2D eigenvalue weighted by atomic mass is 79.9. The zero-order valence-electron chi connectivity index (χ0n) is 8.89. The quantitative estimate of drug-likeness (QED) is 0.342. The standard InChI is InChI=1S/C10H8BrFN4OS/c11-6-3-5(1-2-7(6)12)14-10(15-17)9-8(13)4-18-16-9/h1-4,17H,13H2,(H,14,15). The normalized spacial score (nSPS) is 11.6. The molecule has 0 spiro atoms. The van der Waals surface area contributed by atoms with Crippen molar-refractivity contribution in [3.8, 4) is 0 Å². The highest BCUT2D eigenvalue weighted by molar-refractivity contribution is 9.10. The van der Waals surface area contributed by atoms with Crippen molar-refractivity contribution in [1.29, 1.82) is 0 Å². The second-order valence-corrected chi connectivity index (χ2v) is 4.80. The van der Waals surface area contributed by atoms with Crippen molar-refractivity contribution in [2.24, 2.45) is 5.16 Å². The van der Waals surface area contributed by atoms with E-state index in [9.17, 15) is 4.39 Å². The van der Waals surface area contributed by atoms with E-state index < -0.39 is 0 Å². The Labute approximate surface area is 114 Å². The Bertz CT molecular complexity index is 601. The summed E-state index contributed by atoms with van der Waals surface area (Å²) in [6.07, 6.45) is 0.